The van der Waals surface area contributed by atoms with Crippen LogP contribution in [0.2, 0.25) is 0 Å². The molecule has 2 aromatic heterocycles. The summed E-state index contributed by atoms with van der Waals surface area (Å²) in [5, 5.41) is 11.3. The lowest BCUT2D eigenvalue weighted by molar-refractivity contribution is 1.18. The maximum Gasteiger partial charge on any atom is 0.0665 e. The summed E-state index contributed by atoms with van der Waals surface area (Å²) in [6, 6.07) is 33.5. The van der Waals surface area contributed by atoms with Crippen molar-refractivity contribution in [2.45, 2.75) is 27.2 Å². The van der Waals surface area contributed by atoms with Gasteiger partial charge in [0, 0.05) is 32.3 Å². The summed E-state index contributed by atoms with van der Waals surface area (Å²) in [5.74, 6) is 0. The van der Waals surface area contributed by atoms with E-state index in [2.05, 4.69) is 127 Å². The van der Waals surface area contributed by atoms with Crippen molar-refractivity contribution >= 4 is 76.2 Å². The fourth-order valence-electron chi connectivity index (χ4n) is 6.18. The van der Waals surface area contributed by atoms with Crippen molar-refractivity contribution in [3.63, 3.8) is 0 Å². The number of nitrogens with zero attached hydrogens (tertiary/aromatic N) is 2. The Morgan fingerprint density at radius 2 is 1.50 bits per heavy atom. The molecule has 7 rings (SSSR count). The molecule has 0 radical (unpaired) electrons. The van der Waals surface area contributed by atoms with Crippen LogP contribution in [-0.4, -0.2) is 10.3 Å². The van der Waals surface area contributed by atoms with E-state index in [1.165, 1.54) is 53.4 Å². The van der Waals surface area contributed by atoms with Crippen LogP contribution in [0.4, 0.5) is 0 Å². The Balaban J connectivity index is 1.51. The van der Waals surface area contributed by atoms with Crippen LogP contribution in [0.5, 0.6) is 0 Å². The molecule has 0 saturated heterocycles. The number of rotatable bonds is 6. The Hall–Kier alpha value is -4.73. The van der Waals surface area contributed by atoms with Crippen LogP contribution in [0.25, 0.3) is 64.8 Å². The molecule has 0 aliphatic heterocycles. The zero-order valence-corrected chi connectivity index (χ0v) is 25.0. The second kappa shape index (κ2) is 10.9. The van der Waals surface area contributed by atoms with Crippen molar-refractivity contribution in [3.05, 3.63) is 132 Å². The third-order valence-corrected chi connectivity index (χ3v) is 8.92. The molecule has 7 aromatic rings. The molecular formula is C39H32N2S. The highest BCUT2D eigenvalue weighted by atomic mass is 32.1. The van der Waals surface area contributed by atoms with Gasteiger partial charge in [0.2, 0.25) is 0 Å². The molecule has 0 unspecified atom stereocenters. The fourth-order valence-corrected chi connectivity index (χ4v) is 7.13. The molecule has 0 aliphatic rings. The lowest BCUT2D eigenvalue weighted by atomic mass is 9.96. The molecule has 0 amide bonds. The minimum atomic E-state index is 0.926. The van der Waals surface area contributed by atoms with Gasteiger partial charge in [0.1, 0.15) is 0 Å². The first-order chi connectivity index (χ1) is 20.7. The second-order valence-electron chi connectivity index (χ2n) is 10.6. The summed E-state index contributed by atoms with van der Waals surface area (Å²) >= 11 is 1.83. The van der Waals surface area contributed by atoms with Gasteiger partial charge in [-0.1, -0.05) is 98.0 Å². The van der Waals surface area contributed by atoms with Crippen LogP contribution < -0.4 is 0 Å². The van der Waals surface area contributed by atoms with Gasteiger partial charge < -0.3 is 4.57 Å². The van der Waals surface area contributed by atoms with Crippen LogP contribution in [0.3, 0.4) is 0 Å². The van der Waals surface area contributed by atoms with Crippen molar-refractivity contribution in [1.29, 1.82) is 0 Å². The van der Waals surface area contributed by atoms with Gasteiger partial charge in [-0.25, -0.2) is 0 Å². The van der Waals surface area contributed by atoms with E-state index < -0.39 is 0 Å². The van der Waals surface area contributed by atoms with Gasteiger partial charge in [0.05, 0.1) is 16.7 Å². The maximum atomic E-state index is 4.96. The fraction of sp³-hybridized carbons (Fsp3) is 0.103. The summed E-state index contributed by atoms with van der Waals surface area (Å²) < 4.78 is 3.82. The van der Waals surface area contributed by atoms with Crippen molar-refractivity contribution in [3.8, 4) is 5.69 Å². The van der Waals surface area contributed by atoms with Crippen LogP contribution in [0, 0.1) is 0 Å². The third kappa shape index (κ3) is 4.29. The molecule has 0 saturated carbocycles. The van der Waals surface area contributed by atoms with E-state index >= 15 is 0 Å². The quantitative estimate of drug-likeness (QED) is 0.109. The molecule has 204 valence electrons. The molecule has 2 nitrogen and oxygen atoms in total. The molecule has 0 spiro atoms. The number of aromatic nitrogens is 1. The van der Waals surface area contributed by atoms with E-state index in [9.17, 15) is 0 Å². The standard InChI is InChI=1S/C39H32N2S/c1-4-6-7-13-26(3)40-34(12-5-2)27-18-21-29(22-19-27)41-35-23-20-28-24-25-42-39(28)37(35)36-32-16-10-8-14-30(32)31-15-9-11-17-33(31)38(36)41/h4,6-25H,5H2,1-3H3/b6-4-,13-7-,34-12-,40-26-. The minimum absolute atomic E-state index is 0.926. The highest BCUT2D eigenvalue weighted by Gasteiger charge is 2.20. The third-order valence-electron chi connectivity index (χ3n) is 7.98. The molecule has 2 heterocycles. The van der Waals surface area contributed by atoms with E-state index in [0.29, 0.717) is 0 Å². The lowest BCUT2D eigenvalue weighted by Crippen LogP contribution is -1.96. The van der Waals surface area contributed by atoms with E-state index in [1.54, 1.807) is 0 Å². The minimum Gasteiger partial charge on any atom is -0.309 e. The Bertz CT molecular complexity index is 2230. The van der Waals surface area contributed by atoms with Crippen LogP contribution in [-0.2, 0) is 0 Å². The number of benzene rings is 5. The summed E-state index contributed by atoms with van der Waals surface area (Å²) in [5.41, 5.74) is 6.76. The first-order valence-corrected chi connectivity index (χ1v) is 15.5. The number of allylic oxidation sites excluding steroid dienone is 5. The smallest absolute Gasteiger partial charge is 0.0665 e. The van der Waals surface area contributed by atoms with Gasteiger partial charge >= 0.3 is 0 Å². The normalized spacial score (nSPS) is 13.3. The first-order valence-electron chi connectivity index (χ1n) is 14.6. The Morgan fingerprint density at radius 3 is 2.24 bits per heavy atom. The van der Waals surface area contributed by atoms with Gasteiger partial charge in [-0.2, -0.15) is 0 Å². The molecule has 0 fully saturated rings. The number of hydrogen-bond acceptors (Lipinski definition) is 2. The van der Waals surface area contributed by atoms with Gasteiger partial charge in [0.15, 0.2) is 0 Å². The first kappa shape index (κ1) is 26.2. The van der Waals surface area contributed by atoms with Crippen molar-refractivity contribution in [2.75, 3.05) is 0 Å². The maximum absolute atomic E-state index is 4.96. The molecule has 0 aliphatic carbocycles. The zero-order valence-electron chi connectivity index (χ0n) is 24.1. The van der Waals surface area contributed by atoms with E-state index in [4.69, 9.17) is 4.99 Å². The SMILES string of the molecule is C\C=C/C=C\C(C)=N/C(=C\CC)c1ccc(-n2c3ccc4ccsc4c3c3c4ccccc4c4ccccc4c32)cc1. The Kier molecular flexibility index (Phi) is 6.81. The summed E-state index contributed by atoms with van der Waals surface area (Å²) in [4.78, 5) is 4.96. The Labute approximate surface area is 250 Å². The van der Waals surface area contributed by atoms with Crippen LogP contribution in [0.15, 0.2) is 132 Å². The molecule has 3 heteroatoms. The molecule has 5 aromatic carbocycles. The number of aliphatic imine (C=N–C) groups is 1. The number of thiophene rings is 1. The van der Waals surface area contributed by atoms with Gasteiger partial charge in [-0.15, -0.1) is 11.3 Å². The van der Waals surface area contributed by atoms with Gasteiger partial charge in [0.25, 0.3) is 0 Å². The summed E-state index contributed by atoms with van der Waals surface area (Å²) in [7, 11) is 0. The molecule has 0 N–H and O–H groups in total. The largest absolute Gasteiger partial charge is 0.309 e. The van der Waals surface area contributed by atoms with Crippen LogP contribution in [0.1, 0.15) is 32.8 Å². The van der Waals surface area contributed by atoms with Gasteiger partial charge in [-0.05, 0) is 83.1 Å². The highest BCUT2D eigenvalue weighted by molar-refractivity contribution is 7.18. The molecule has 0 bridgehead atoms. The zero-order chi connectivity index (χ0) is 28.6. The summed E-state index contributed by atoms with van der Waals surface area (Å²) in [6.07, 6.45) is 11.3. The Morgan fingerprint density at radius 1 is 0.786 bits per heavy atom. The van der Waals surface area contributed by atoms with Crippen molar-refractivity contribution < 1.29 is 0 Å². The lowest BCUT2D eigenvalue weighted by Gasteiger charge is -2.13. The van der Waals surface area contributed by atoms with Crippen LogP contribution >= 0.6 is 11.3 Å². The highest BCUT2D eigenvalue weighted by Crippen LogP contribution is 2.45. The number of fused-ring (bicyclic) bond motifs is 10. The van der Waals surface area contributed by atoms with E-state index in [1.807, 2.05) is 36.5 Å². The predicted molar refractivity (Wildman–Crippen MR) is 187 cm³/mol. The average molecular weight is 561 g/mol. The second-order valence-corrected chi connectivity index (χ2v) is 11.5. The summed E-state index contributed by atoms with van der Waals surface area (Å²) in [6.45, 7) is 6.23. The van der Waals surface area contributed by atoms with E-state index in [-0.39, 0.29) is 0 Å². The predicted octanol–water partition coefficient (Wildman–Crippen LogP) is 11.6. The van der Waals surface area contributed by atoms with Gasteiger partial charge in [-0.3, -0.25) is 4.99 Å². The van der Waals surface area contributed by atoms with E-state index in [0.717, 1.165) is 29.1 Å². The molecule has 42 heavy (non-hydrogen) atoms. The molecule has 0 atom stereocenters. The molecular weight excluding hydrogens is 529 g/mol. The monoisotopic (exact) mass is 560 g/mol. The number of hydrogen-bond donors (Lipinski definition) is 0. The average Bonchev–Trinajstić information content (AvgIpc) is 3.64. The topological polar surface area (TPSA) is 17.3 Å². The van der Waals surface area contributed by atoms with Crippen molar-refractivity contribution in [2.24, 2.45) is 4.99 Å². The van der Waals surface area contributed by atoms with Crippen molar-refractivity contribution in [1.82, 2.24) is 4.57 Å².